The second kappa shape index (κ2) is 7.80. The lowest BCUT2D eigenvalue weighted by Crippen LogP contribution is -2.04. The van der Waals surface area contributed by atoms with Gasteiger partial charge in [0.25, 0.3) is 0 Å². The maximum absolute atomic E-state index is 5.39. The van der Waals surface area contributed by atoms with E-state index in [9.17, 15) is 0 Å². The summed E-state index contributed by atoms with van der Waals surface area (Å²) >= 11 is 31.0. The first-order valence-corrected chi connectivity index (χ1v) is 12.8. The number of halogens is 6. The van der Waals surface area contributed by atoms with Gasteiger partial charge in [-0.3, -0.25) is 0 Å². The van der Waals surface area contributed by atoms with Gasteiger partial charge in [-0.25, -0.2) is 0 Å². The molecule has 0 heterocycles. The zero-order valence-corrected chi connectivity index (χ0v) is 11.7. The van der Waals surface area contributed by atoms with Gasteiger partial charge >= 0.3 is 12.7 Å². The van der Waals surface area contributed by atoms with Gasteiger partial charge in [0.05, 0.1) is 0 Å². The molecule has 0 amide bonds. The van der Waals surface area contributed by atoms with Gasteiger partial charge in [-0.15, -0.1) is 66.5 Å². The lowest BCUT2D eigenvalue weighted by Gasteiger charge is -1.98. The molecule has 0 aromatic carbocycles. The van der Waals surface area contributed by atoms with Crippen molar-refractivity contribution in [2.24, 2.45) is 0 Å². The molecule has 0 saturated carbocycles. The van der Waals surface area contributed by atoms with Crippen LogP contribution in [-0.4, -0.2) is 12.7 Å². The molecule has 0 unspecified atom stereocenters. The third-order valence-electron chi connectivity index (χ3n) is 0.401. The molecule has 0 aliphatic heterocycles. The van der Waals surface area contributed by atoms with Gasteiger partial charge in [-0.2, -0.15) is 0 Å². The standard InChI is InChI=1S/C2H5Cl3Si.Cl3HSi/c1-2-6(3,4)5;1-4(2)3/h2H2,1H3;4H. The first-order chi connectivity index (χ1) is 4.29. The molecule has 0 bridgehead atoms. The van der Waals surface area contributed by atoms with Gasteiger partial charge in [0, 0.05) is 0 Å². The van der Waals surface area contributed by atoms with Crippen molar-refractivity contribution in [2.75, 3.05) is 0 Å². The average Bonchev–Trinajstić information content (AvgIpc) is 1.63. The maximum Gasteiger partial charge on any atom is 0.341 e. The van der Waals surface area contributed by atoms with Gasteiger partial charge < -0.3 is 0 Å². The Morgan fingerprint density at radius 1 is 1.10 bits per heavy atom. The quantitative estimate of drug-likeness (QED) is 0.505. The zero-order valence-electron chi connectivity index (χ0n) is 5.05. The predicted molar refractivity (Wildman–Crippen MR) is 58.5 cm³/mol. The van der Waals surface area contributed by atoms with Gasteiger partial charge in [-0.05, 0) is 6.04 Å². The lowest BCUT2D eigenvalue weighted by atomic mass is 11.0. The van der Waals surface area contributed by atoms with Crippen molar-refractivity contribution in [3.05, 3.63) is 0 Å². The van der Waals surface area contributed by atoms with E-state index >= 15 is 0 Å². The van der Waals surface area contributed by atoms with Gasteiger partial charge in [-0.1, -0.05) is 6.92 Å². The summed E-state index contributed by atoms with van der Waals surface area (Å²) in [5.74, 6) is 0. The number of hydrogen-bond donors (Lipinski definition) is 0. The topological polar surface area (TPSA) is 0 Å². The molecular formula is C2H6Cl6Si2. The van der Waals surface area contributed by atoms with Crippen LogP contribution in [0.25, 0.3) is 0 Å². The van der Waals surface area contributed by atoms with Crippen molar-refractivity contribution >= 4 is 79.2 Å². The Hall–Kier alpha value is 2.17. The fraction of sp³-hybridized carbons (Fsp3) is 1.00. The van der Waals surface area contributed by atoms with Gasteiger partial charge in [0.1, 0.15) is 0 Å². The van der Waals surface area contributed by atoms with E-state index in [0.29, 0.717) is 6.04 Å². The number of hydrogen-bond acceptors (Lipinski definition) is 0. The Morgan fingerprint density at radius 2 is 1.20 bits per heavy atom. The molecule has 0 radical (unpaired) electrons. The van der Waals surface area contributed by atoms with E-state index in [2.05, 4.69) is 0 Å². The molecular weight excluding hydrogens is 293 g/mol. The summed E-state index contributed by atoms with van der Waals surface area (Å²) in [5.41, 5.74) is 0. The highest BCUT2D eigenvalue weighted by Gasteiger charge is 2.20. The highest BCUT2D eigenvalue weighted by Crippen LogP contribution is 2.23. The van der Waals surface area contributed by atoms with Crippen LogP contribution in [0.3, 0.4) is 0 Å². The van der Waals surface area contributed by atoms with Crippen LogP contribution in [0.4, 0.5) is 0 Å². The third kappa shape index (κ3) is 32.0. The summed E-state index contributed by atoms with van der Waals surface area (Å²) in [5, 5.41) is 0. The van der Waals surface area contributed by atoms with E-state index in [4.69, 9.17) is 66.5 Å². The Kier molecular flexibility index (Phi) is 11.5. The van der Waals surface area contributed by atoms with Crippen LogP contribution < -0.4 is 0 Å². The summed E-state index contributed by atoms with van der Waals surface area (Å²) < 4.78 is 0. The van der Waals surface area contributed by atoms with Crippen LogP contribution in [0, 0.1) is 0 Å². The Bertz CT molecular complexity index is 65.9. The van der Waals surface area contributed by atoms with Crippen molar-refractivity contribution in [3.63, 3.8) is 0 Å². The van der Waals surface area contributed by atoms with Crippen LogP contribution in [0.2, 0.25) is 6.04 Å². The van der Waals surface area contributed by atoms with Crippen molar-refractivity contribution in [1.29, 1.82) is 0 Å². The fourth-order valence-corrected chi connectivity index (χ4v) is 0. The second-order valence-electron chi connectivity index (χ2n) is 1.22. The second-order valence-corrected chi connectivity index (χ2v) is 17.1. The Labute approximate surface area is 91.5 Å². The van der Waals surface area contributed by atoms with Crippen LogP contribution >= 0.6 is 66.5 Å². The van der Waals surface area contributed by atoms with E-state index in [1.54, 1.807) is 0 Å². The largest absolute Gasteiger partial charge is 0.341 e. The zero-order chi connectivity index (χ0) is 8.78. The van der Waals surface area contributed by atoms with Crippen LogP contribution in [0.15, 0.2) is 0 Å². The molecule has 64 valence electrons. The van der Waals surface area contributed by atoms with Crippen LogP contribution in [-0.2, 0) is 0 Å². The molecule has 0 aromatic heterocycles. The van der Waals surface area contributed by atoms with Gasteiger partial charge in [0.2, 0.25) is 0 Å². The summed E-state index contributed by atoms with van der Waals surface area (Å²) in [6.07, 6.45) is 0. The SMILES string of the molecule is CC[Si](Cl)(Cl)Cl.Cl[SiH](Cl)Cl. The van der Waals surface area contributed by atoms with E-state index < -0.39 is 12.7 Å². The van der Waals surface area contributed by atoms with Crippen molar-refractivity contribution in [1.82, 2.24) is 0 Å². The molecule has 0 aliphatic rings. The van der Waals surface area contributed by atoms with E-state index in [0.717, 1.165) is 0 Å². The molecule has 0 nitrogen and oxygen atoms in total. The predicted octanol–water partition coefficient (Wildman–Crippen LogP) is 4.08. The molecule has 0 fully saturated rings. The highest BCUT2D eigenvalue weighted by atomic mass is 35.8. The van der Waals surface area contributed by atoms with E-state index in [1.807, 2.05) is 6.92 Å². The summed E-state index contributed by atoms with van der Waals surface area (Å²) in [6, 6.07) is -1.51. The van der Waals surface area contributed by atoms with Gasteiger partial charge in [0.15, 0.2) is 0 Å². The first kappa shape index (κ1) is 14.7. The van der Waals surface area contributed by atoms with Crippen LogP contribution in [0.1, 0.15) is 6.92 Å². The molecule has 0 aliphatic carbocycles. The fourth-order valence-electron chi connectivity index (χ4n) is 0. The van der Waals surface area contributed by atoms with Crippen molar-refractivity contribution in [3.8, 4) is 0 Å². The monoisotopic (exact) mass is 296 g/mol. The lowest BCUT2D eigenvalue weighted by molar-refractivity contribution is 1.46. The van der Waals surface area contributed by atoms with E-state index in [-0.39, 0.29) is 0 Å². The minimum Gasteiger partial charge on any atom is -0.130 e. The molecule has 10 heavy (non-hydrogen) atoms. The Morgan fingerprint density at radius 3 is 1.20 bits per heavy atom. The molecule has 0 N–H and O–H groups in total. The summed E-state index contributed by atoms with van der Waals surface area (Å²) in [7, 11) is 0. The minimum atomic E-state index is -2.21. The summed E-state index contributed by atoms with van der Waals surface area (Å²) in [6.45, 7) is 0.152. The average molecular weight is 299 g/mol. The van der Waals surface area contributed by atoms with E-state index in [1.165, 1.54) is 0 Å². The van der Waals surface area contributed by atoms with Crippen molar-refractivity contribution < 1.29 is 0 Å². The molecule has 0 aromatic rings. The molecule has 8 heteroatoms. The summed E-state index contributed by atoms with van der Waals surface area (Å²) in [4.78, 5) is 0. The molecule has 0 spiro atoms. The molecule has 0 rings (SSSR count). The third-order valence-corrected chi connectivity index (χ3v) is 3.61. The van der Waals surface area contributed by atoms with Crippen LogP contribution in [0.5, 0.6) is 0 Å². The minimum absolute atomic E-state index is 0.706. The normalized spacial score (nSPS) is 10.8. The number of rotatable bonds is 1. The maximum atomic E-state index is 5.39. The molecule has 0 saturated heterocycles. The van der Waals surface area contributed by atoms with Crippen molar-refractivity contribution in [2.45, 2.75) is 13.0 Å². The highest BCUT2D eigenvalue weighted by molar-refractivity contribution is 7.64. The first-order valence-electron chi connectivity index (χ1n) is 2.28. The smallest absolute Gasteiger partial charge is 0.130 e. The molecule has 0 atom stereocenters. The Balaban J connectivity index is 0.